The van der Waals surface area contributed by atoms with Crippen molar-refractivity contribution in [2.24, 2.45) is 11.7 Å². The number of nitrogens with two attached hydrogens (primary N) is 1. The second kappa shape index (κ2) is 4.20. The highest BCUT2D eigenvalue weighted by Gasteiger charge is 2.30. The number of hydrogen-bond acceptors (Lipinski definition) is 3. The van der Waals surface area contributed by atoms with Crippen LogP contribution < -0.4 is 5.73 Å². The van der Waals surface area contributed by atoms with E-state index in [1.165, 1.54) is 25.0 Å². The van der Waals surface area contributed by atoms with Gasteiger partial charge in [0.1, 0.15) is 0 Å². The van der Waals surface area contributed by atoms with Gasteiger partial charge >= 0.3 is 0 Å². The Morgan fingerprint density at radius 1 is 1.38 bits per heavy atom. The number of thioether (sulfide) groups is 1. The third-order valence-corrected chi connectivity index (χ3v) is 4.42. The first kappa shape index (κ1) is 9.81. The maximum atomic E-state index is 6.02. The van der Waals surface area contributed by atoms with Crippen LogP contribution in [0.2, 0.25) is 0 Å². The fourth-order valence-corrected chi connectivity index (χ4v) is 3.62. The van der Waals surface area contributed by atoms with E-state index >= 15 is 0 Å². The highest BCUT2D eigenvalue weighted by atomic mass is 32.2. The van der Waals surface area contributed by atoms with Crippen LogP contribution >= 0.6 is 11.8 Å². The van der Waals surface area contributed by atoms with Crippen molar-refractivity contribution in [1.82, 2.24) is 0 Å². The lowest BCUT2D eigenvalue weighted by Crippen LogP contribution is -2.31. The monoisotopic (exact) mass is 201 g/mol. The Labute approximate surface area is 84.6 Å². The summed E-state index contributed by atoms with van der Waals surface area (Å²) in [7, 11) is 0. The highest BCUT2D eigenvalue weighted by Crippen LogP contribution is 2.31. The smallest absolute Gasteiger partial charge is 0.0583 e. The Balaban J connectivity index is 1.77. The molecule has 2 saturated heterocycles. The van der Waals surface area contributed by atoms with Gasteiger partial charge in [-0.3, -0.25) is 0 Å². The quantitative estimate of drug-likeness (QED) is 0.737. The second-order valence-electron chi connectivity index (χ2n) is 4.34. The molecule has 0 aliphatic carbocycles. The van der Waals surface area contributed by atoms with Crippen LogP contribution in [0.1, 0.15) is 26.2 Å². The minimum absolute atomic E-state index is 0.421. The Bertz CT molecular complexity index is 176. The van der Waals surface area contributed by atoms with Crippen LogP contribution in [0.15, 0.2) is 0 Å². The summed E-state index contributed by atoms with van der Waals surface area (Å²) in [5.74, 6) is 3.10. The summed E-state index contributed by atoms with van der Waals surface area (Å²) < 4.78 is 5.81. The Hall–Kier alpha value is 0.270. The molecule has 2 nitrogen and oxygen atoms in total. The van der Waals surface area contributed by atoms with E-state index in [-0.39, 0.29) is 0 Å². The second-order valence-corrected chi connectivity index (χ2v) is 5.42. The van der Waals surface area contributed by atoms with Crippen molar-refractivity contribution in [2.45, 2.75) is 44.4 Å². The molecule has 3 heteroatoms. The van der Waals surface area contributed by atoms with Crippen LogP contribution in [0.4, 0.5) is 0 Å². The first-order chi connectivity index (χ1) is 6.25. The molecular formula is C10H19NOS. The maximum absolute atomic E-state index is 6.02. The van der Waals surface area contributed by atoms with Crippen LogP contribution in [0, 0.1) is 5.92 Å². The first-order valence-corrected chi connectivity index (χ1v) is 6.40. The third-order valence-electron chi connectivity index (χ3n) is 3.13. The van der Waals surface area contributed by atoms with E-state index in [4.69, 9.17) is 10.5 Å². The first-order valence-electron chi connectivity index (χ1n) is 5.24. The van der Waals surface area contributed by atoms with Crippen LogP contribution in [0.3, 0.4) is 0 Å². The van der Waals surface area contributed by atoms with Gasteiger partial charge in [-0.05, 0) is 37.9 Å². The largest absolute Gasteiger partial charge is 0.375 e. The molecule has 0 radical (unpaired) electrons. The van der Waals surface area contributed by atoms with E-state index in [1.807, 2.05) is 11.8 Å². The summed E-state index contributed by atoms with van der Waals surface area (Å²) in [5.41, 5.74) is 6.02. The predicted molar refractivity (Wildman–Crippen MR) is 57.0 cm³/mol. The van der Waals surface area contributed by atoms with Crippen LogP contribution in [-0.2, 0) is 4.74 Å². The minimum atomic E-state index is 0.421. The van der Waals surface area contributed by atoms with Gasteiger partial charge in [-0.25, -0.2) is 0 Å². The Morgan fingerprint density at radius 2 is 2.23 bits per heavy atom. The van der Waals surface area contributed by atoms with E-state index in [2.05, 4.69) is 6.92 Å². The lowest BCUT2D eigenvalue weighted by Gasteiger charge is -2.18. The summed E-state index contributed by atoms with van der Waals surface area (Å²) >= 11 is 1.99. The van der Waals surface area contributed by atoms with Crippen molar-refractivity contribution >= 4 is 11.8 Å². The topological polar surface area (TPSA) is 35.2 Å². The van der Waals surface area contributed by atoms with Gasteiger partial charge in [0, 0.05) is 11.8 Å². The van der Waals surface area contributed by atoms with Gasteiger partial charge in [0.15, 0.2) is 0 Å². The SMILES string of the molecule is CC1CCC(CC2CSCC2N)O1. The lowest BCUT2D eigenvalue weighted by atomic mass is 9.96. The molecule has 0 bridgehead atoms. The standard InChI is InChI=1S/C10H19NOS/c1-7-2-3-9(12-7)4-8-5-13-6-10(8)11/h7-10H,2-6,11H2,1H3. The molecule has 2 N–H and O–H groups in total. The lowest BCUT2D eigenvalue weighted by molar-refractivity contribution is 0.0417. The Morgan fingerprint density at radius 3 is 2.77 bits per heavy atom. The minimum Gasteiger partial charge on any atom is -0.375 e. The average molecular weight is 201 g/mol. The molecule has 76 valence electrons. The zero-order chi connectivity index (χ0) is 9.26. The van der Waals surface area contributed by atoms with Gasteiger partial charge in [0.2, 0.25) is 0 Å². The van der Waals surface area contributed by atoms with Crippen molar-refractivity contribution in [3.8, 4) is 0 Å². The predicted octanol–water partition coefficient (Wildman–Crippen LogP) is 1.63. The van der Waals surface area contributed by atoms with Gasteiger partial charge in [-0.15, -0.1) is 0 Å². The number of ether oxygens (including phenoxy) is 1. The summed E-state index contributed by atoms with van der Waals surface area (Å²) in [5, 5.41) is 0. The molecule has 2 heterocycles. The van der Waals surface area contributed by atoms with Gasteiger partial charge < -0.3 is 10.5 Å². The third kappa shape index (κ3) is 2.39. The molecule has 4 unspecified atom stereocenters. The van der Waals surface area contributed by atoms with Crippen molar-refractivity contribution in [3.05, 3.63) is 0 Å². The molecule has 0 aromatic heterocycles. The fraction of sp³-hybridized carbons (Fsp3) is 1.00. The van der Waals surface area contributed by atoms with Gasteiger partial charge in [-0.2, -0.15) is 11.8 Å². The summed E-state index contributed by atoms with van der Waals surface area (Å²) in [4.78, 5) is 0. The average Bonchev–Trinajstić information content (AvgIpc) is 2.64. The molecule has 2 fully saturated rings. The molecule has 13 heavy (non-hydrogen) atoms. The van der Waals surface area contributed by atoms with Crippen molar-refractivity contribution in [3.63, 3.8) is 0 Å². The summed E-state index contributed by atoms with van der Waals surface area (Å²) in [6.45, 7) is 2.17. The van der Waals surface area contributed by atoms with E-state index in [9.17, 15) is 0 Å². The molecule has 2 rings (SSSR count). The van der Waals surface area contributed by atoms with Crippen molar-refractivity contribution in [1.29, 1.82) is 0 Å². The number of hydrogen-bond donors (Lipinski definition) is 1. The molecule has 0 aromatic rings. The van der Waals surface area contributed by atoms with Crippen molar-refractivity contribution < 1.29 is 4.74 Å². The zero-order valence-corrected chi connectivity index (χ0v) is 9.06. The molecule has 0 saturated carbocycles. The van der Waals surface area contributed by atoms with Crippen LogP contribution in [-0.4, -0.2) is 29.8 Å². The molecule has 0 spiro atoms. The maximum Gasteiger partial charge on any atom is 0.0583 e. The van der Waals surface area contributed by atoms with E-state index in [0.717, 1.165) is 5.75 Å². The van der Waals surface area contributed by atoms with Gasteiger partial charge in [-0.1, -0.05) is 0 Å². The van der Waals surface area contributed by atoms with E-state index in [1.54, 1.807) is 0 Å². The normalized spacial score (nSPS) is 45.7. The molecular weight excluding hydrogens is 182 g/mol. The summed E-state index contributed by atoms with van der Waals surface area (Å²) in [6.07, 6.45) is 4.66. The molecule has 2 aliphatic heterocycles. The molecule has 0 amide bonds. The highest BCUT2D eigenvalue weighted by molar-refractivity contribution is 7.99. The molecule has 4 atom stereocenters. The van der Waals surface area contributed by atoms with E-state index in [0.29, 0.717) is 24.2 Å². The molecule has 0 aromatic carbocycles. The van der Waals surface area contributed by atoms with E-state index < -0.39 is 0 Å². The zero-order valence-electron chi connectivity index (χ0n) is 8.24. The number of rotatable bonds is 2. The Kier molecular flexibility index (Phi) is 3.17. The van der Waals surface area contributed by atoms with Crippen LogP contribution in [0.25, 0.3) is 0 Å². The molecule has 2 aliphatic rings. The van der Waals surface area contributed by atoms with Gasteiger partial charge in [0.05, 0.1) is 12.2 Å². The van der Waals surface area contributed by atoms with Crippen molar-refractivity contribution in [2.75, 3.05) is 11.5 Å². The fourth-order valence-electron chi connectivity index (χ4n) is 2.25. The summed E-state index contributed by atoms with van der Waals surface area (Å²) in [6, 6.07) is 0.421. The van der Waals surface area contributed by atoms with Gasteiger partial charge in [0.25, 0.3) is 0 Å². The van der Waals surface area contributed by atoms with Crippen LogP contribution in [0.5, 0.6) is 0 Å².